The van der Waals surface area contributed by atoms with Crippen molar-refractivity contribution in [3.05, 3.63) is 59.3 Å². The van der Waals surface area contributed by atoms with E-state index in [1.165, 1.54) is 11.8 Å². The first-order valence-corrected chi connectivity index (χ1v) is 8.38. The van der Waals surface area contributed by atoms with Gasteiger partial charge in [0, 0.05) is 12.1 Å². The molecule has 6 heteroatoms. The average Bonchev–Trinajstić information content (AvgIpc) is 2.84. The predicted molar refractivity (Wildman–Crippen MR) is 96.3 cm³/mol. The Balaban J connectivity index is 1.85. The van der Waals surface area contributed by atoms with Crippen LogP contribution in [0.5, 0.6) is 5.75 Å². The molecule has 0 radical (unpaired) electrons. The van der Waals surface area contributed by atoms with Crippen LogP contribution in [0.4, 0.5) is 5.69 Å². The molecule has 2 aromatic rings. The number of aromatic nitrogens is 1. The van der Waals surface area contributed by atoms with Gasteiger partial charge in [0.1, 0.15) is 5.75 Å². The summed E-state index contributed by atoms with van der Waals surface area (Å²) in [4.78, 5) is 17.8. The van der Waals surface area contributed by atoms with Crippen molar-refractivity contribution >= 4 is 46.0 Å². The molecule has 1 amide bonds. The second-order valence-corrected chi connectivity index (χ2v) is 6.45. The van der Waals surface area contributed by atoms with E-state index in [1.807, 2.05) is 61.8 Å². The van der Waals surface area contributed by atoms with Crippen LogP contribution in [0.15, 0.2) is 53.7 Å². The topological polar surface area (TPSA) is 43.7 Å². The molecule has 1 aromatic carbocycles. The molecule has 1 fully saturated rings. The number of hydrogen-bond acceptors (Lipinski definition) is 4. The fraction of sp³-hybridized carbons (Fsp3) is 0.118. The van der Waals surface area contributed by atoms with Gasteiger partial charge in [-0.1, -0.05) is 24.0 Å². The lowest BCUT2D eigenvalue weighted by molar-refractivity contribution is -0.378. The minimum absolute atomic E-state index is 0.100. The molecule has 23 heavy (non-hydrogen) atoms. The normalized spacial score (nSPS) is 16.2. The van der Waals surface area contributed by atoms with Crippen LogP contribution in [0, 0.1) is 0 Å². The van der Waals surface area contributed by atoms with Crippen molar-refractivity contribution in [2.24, 2.45) is 0 Å². The van der Waals surface area contributed by atoms with E-state index in [1.54, 1.807) is 4.90 Å². The Morgan fingerprint density at radius 3 is 2.57 bits per heavy atom. The Hall–Kier alpha value is -2.18. The van der Waals surface area contributed by atoms with Crippen LogP contribution in [-0.2, 0) is 4.79 Å². The number of H-pyrrole nitrogens is 1. The number of anilines is 1. The lowest BCUT2D eigenvalue weighted by Crippen LogP contribution is -2.27. The van der Waals surface area contributed by atoms with Gasteiger partial charge in [-0.2, -0.15) is 0 Å². The maximum Gasteiger partial charge on any atom is 0.270 e. The van der Waals surface area contributed by atoms with Gasteiger partial charge in [-0.3, -0.25) is 9.69 Å². The third-order valence-corrected chi connectivity index (χ3v) is 4.54. The summed E-state index contributed by atoms with van der Waals surface area (Å²) >= 11 is 6.68. The molecule has 1 aromatic heterocycles. The third kappa shape index (κ3) is 3.43. The highest BCUT2D eigenvalue weighted by atomic mass is 32.2. The van der Waals surface area contributed by atoms with E-state index < -0.39 is 0 Å². The minimum Gasteiger partial charge on any atom is -0.494 e. The summed E-state index contributed by atoms with van der Waals surface area (Å²) in [5.41, 5.74) is 1.71. The maximum absolute atomic E-state index is 12.6. The number of ether oxygens (including phenoxy) is 1. The van der Waals surface area contributed by atoms with Crippen molar-refractivity contribution in [2.45, 2.75) is 6.92 Å². The van der Waals surface area contributed by atoms with Crippen molar-refractivity contribution in [1.29, 1.82) is 0 Å². The van der Waals surface area contributed by atoms with Crippen molar-refractivity contribution in [2.75, 3.05) is 11.5 Å². The lowest BCUT2D eigenvalue weighted by Gasteiger charge is -2.15. The van der Waals surface area contributed by atoms with Crippen LogP contribution in [0.25, 0.3) is 6.08 Å². The first kappa shape index (κ1) is 15.7. The average molecular weight is 343 g/mol. The highest BCUT2D eigenvalue weighted by Crippen LogP contribution is 2.36. The van der Waals surface area contributed by atoms with Gasteiger partial charge in [0.25, 0.3) is 5.91 Å². The number of rotatable bonds is 4. The Morgan fingerprint density at radius 2 is 1.91 bits per heavy atom. The van der Waals surface area contributed by atoms with E-state index in [0.717, 1.165) is 17.0 Å². The molecule has 0 aliphatic carbocycles. The second kappa shape index (κ2) is 6.93. The minimum atomic E-state index is -0.100. The summed E-state index contributed by atoms with van der Waals surface area (Å²) in [7, 11) is 0. The number of carbonyl (C=O) groups is 1. The van der Waals surface area contributed by atoms with Gasteiger partial charge in [0.2, 0.25) is 0 Å². The van der Waals surface area contributed by atoms with Crippen LogP contribution in [0.1, 0.15) is 12.5 Å². The van der Waals surface area contributed by atoms with Crippen molar-refractivity contribution < 1.29 is 14.5 Å². The summed E-state index contributed by atoms with van der Waals surface area (Å²) in [5, 5.41) is 0. The largest absolute Gasteiger partial charge is 0.494 e. The van der Waals surface area contributed by atoms with Crippen LogP contribution >= 0.6 is 24.0 Å². The molecule has 1 saturated heterocycles. The first-order valence-electron chi connectivity index (χ1n) is 7.16. The Morgan fingerprint density at radius 1 is 1.22 bits per heavy atom. The van der Waals surface area contributed by atoms with Crippen LogP contribution in [0.2, 0.25) is 0 Å². The predicted octanol–water partition coefficient (Wildman–Crippen LogP) is 3.31. The van der Waals surface area contributed by atoms with Gasteiger partial charge < -0.3 is 4.74 Å². The second-order valence-electron chi connectivity index (χ2n) is 4.78. The zero-order valence-electron chi connectivity index (χ0n) is 12.5. The van der Waals surface area contributed by atoms with Crippen LogP contribution in [-0.4, -0.2) is 16.8 Å². The van der Waals surface area contributed by atoms with Gasteiger partial charge in [0.05, 0.1) is 17.2 Å². The van der Waals surface area contributed by atoms with Gasteiger partial charge in [-0.25, -0.2) is 4.98 Å². The number of benzene rings is 1. The van der Waals surface area contributed by atoms with E-state index in [9.17, 15) is 4.79 Å². The SMILES string of the molecule is CCOc1ccc(N2C(=O)C(=Cc3cc[nH+]cc3)SC2=S)cc1. The standard InChI is InChI=1S/C17H14N2O2S2/c1-2-21-14-5-3-13(4-6-14)19-16(20)15(23-17(19)22)11-12-7-9-18-10-8-12/h3-11H,2H2,1H3/p+1. The quantitative estimate of drug-likeness (QED) is 0.631. The number of nitrogens with zero attached hydrogens (tertiary/aromatic N) is 1. The number of pyridine rings is 1. The molecule has 1 aliphatic rings. The Kier molecular flexibility index (Phi) is 4.73. The zero-order valence-corrected chi connectivity index (χ0v) is 14.1. The molecule has 1 aliphatic heterocycles. The molecule has 4 nitrogen and oxygen atoms in total. The summed E-state index contributed by atoms with van der Waals surface area (Å²) in [5.74, 6) is 0.676. The summed E-state index contributed by atoms with van der Waals surface area (Å²) in [6.07, 6.45) is 5.49. The van der Waals surface area contributed by atoms with Crippen molar-refractivity contribution in [3.8, 4) is 5.75 Å². The number of aromatic amines is 1. The number of hydrogen-bond donors (Lipinski definition) is 0. The van der Waals surface area contributed by atoms with E-state index in [2.05, 4.69) is 4.98 Å². The number of nitrogens with one attached hydrogen (secondary N) is 1. The molecule has 0 bridgehead atoms. The maximum atomic E-state index is 12.6. The summed E-state index contributed by atoms with van der Waals surface area (Å²) in [6, 6.07) is 11.2. The molecule has 1 N–H and O–H groups in total. The van der Waals surface area contributed by atoms with Gasteiger partial charge in [-0.15, -0.1) is 0 Å². The molecular weight excluding hydrogens is 328 g/mol. The van der Waals surface area contributed by atoms with Crippen LogP contribution in [0.3, 0.4) is 0 Å². The number of thiocarbonyl (C=S) groups is 1. The molecule has 0 saturated carbocycles. The molecular formula is C17H15N2O2S2+. The zero-order chi connectivity index (χ0) is 16.2. The monoisotopic (exact) mass is 343 g/mol. The van der Waals surface area contributed by atoms with Gasteiger partial charge in [0.15, 0.2) is 16.7 Å². The number of thioether (sulfide) groups is 1. The molecule has 116 valence electrons. The van der Waals surface area contributed by atoms with Crippen LogP contribution < -0.4 is 14.6 Å². The first-order chi connectivity index (χ1) is 11.2. The van der Waals surface area contributed by atoms with E-state index in [-0.39, 0.29) is 5.91 Å². The smallest absolute Gasteiger partial charge is 0.270 e. The van der Waals surface area contributed by atoms with Crippen molar-refractivity contribution in [1.82, 2.24) is 0 Å². The molecule has 2 heterocycles. The van der Waals surface area contributed by atoms with E-state index >= 15 is 0 Å². The highest BCUT2D eigenvalue weighted by Gasteiger charge is 2.33. The highest BCUT2D eigenvalue weighted by molar-refractivity contribution is 8.27. The third-order valence-electron chi connectivity index (χ3n) is 3.24. The Bertz CT molecular complexity index is 758. The molecule has 0 atom stereocenters. The number of carbonyl (C=O) groups excluding carboxylic acids is 1. The number of amides is 1. The van der Waals surface area contributed by atoms with Gasteiger partial charge >= 0.3 is 0 Å². The fourth-order valence-electron chi connectivity index (χ4n) is 2.20. The fourth-order valence-corrected chi connectivity index (χ4v) is 3.49. The lowest BCUT2D eigenvalue weighted by atomic mass is 10.2. The Labute approximate surface area is 144 Å². The summed E-state index contributed by atoms with van der Waals surface area (Å²) in [6.45, 7) is 2.54. The molecule has 0 spiro atoms. The van der Waals surface area contributed by atoms with Gasteiger partial charge in [-0.05, 0) is 42.8 Å². The van der Waals surface area contributed by atoms with Crippen molar-refractivity contribution in [3.63, 3.8) is 0 Å². The molecule has 0 unspecified atom stereocenters. The van der Waals surface area contributed by atoms with E-state index in [0.29, 0.717) is 15.8 Å². The van der Waals surface area contributed by atoms with E-state index in [4.69, 9.17) is 17.0 Å². The molecule has 3 rings (SSSR count). The summed E-state index contributed by atoms with van der Waals surface area (Å²) < 4.78 is 5.96.